The second-order valence-electron chi connectivity index (χ2n) is 21.5. The van der Waals surface area contributed by atoms with Gasteiger partial charge in [0.1, 0.15) is 34.5 Å². The molecule has 0 unspecified atom stereocenters. The van der Waals surface area contributed by atoms with E-state index in [1.54, 1.807) is 84.9 Å². The van der Waals surface area contributed by atoms with E-state index in [1.165, 1.54) is 114 Å². The SMILES string of the molecule is C.C1CCCNCC1.CCCCOC(=O)c1ccc2nc(-c3ccc(F)cc3)c(N3CCCCCC3)nc2c1.COC(=O)c1ccc2nc(-c3ccc(F)cc3)c(Cl)nc2c1.O=C(O)c1ccc2nc(-c3ccc(F)cc3)c(N3CCCCCC3)nc2c1.[Na+].[OH-]. The number of hydrogen-bond acceptors (Lipinski definition) is 15. The Morgan fingerprint density at radius 3 is 1.28 bits per heavy atom. The fourth-order valence-electron chi connectivity index (χ4n) is 10.4. The van der Waals surface area contributed by atoms with Gasteiger partial charge in [0.05, 0.1) is 63.5 Å². The molecule has 90 heavy (non-hydrogen) atoms. The van der Waals surface area contributed by atoms with Gasteiger partial charge in [0.25, 0.3) is 0 Å². The molecule has 0 atom stereocenters. The van der Waals surface area contributed by atoms with E-state index in [9.17, 15) is 32.7 Å². The number of aromatic nitrogens is 6. The molecule has 16 nitrogen and oxygen atoms in total. The quantitative estimate of drug-likeness (QED) is 0.0699. The molecule has 0 saturated carbocycles. The second-order valence-corrected chi connectivity index (χ2v) is 21.9. The molecule has 0 amide bonds. The molecule has 0 spiro atoms. The summed E-state index contributed by atoms with van der Waals surface area (Å²) in [7, 11) is 1.31. The van der Waals surface area contributed by atoms with Gasteiger partial charge < -0.3 is 35.2 Å². The van der Waals surface area contributed by atoms with Crippen molar-refractivity contribution >= 4 is 74.2 Å². The molecule has 3 N–H and O–H groups in total. The minimum Gasteiger partial charge on any atom is -0.870 e. The second kappa shape index (κ2) is 35.7. The van der Waals surface area contributed by atoms with Gasteiger partial charge in [-0.2, -0.15) is 0 Å². The summed E-state index contributed by atoms with van der Waals surface area (Å²) in [5.41, 5.74) is 8.84. The first-order valence-electron chi connectivity index (χ1n) is 29.9. The van der Waals surface area contributed by atoms with E-state index in [0.29, 0.717) is 67.8 Å². The molecule has 3 aliphatic heterocycles. The number of fused-ring (bicyclic) bond motifs is 3. The Morgan fingerprint density at radius 2 is 0.867 bits per heavy atom. The number of hydrogen-bond donors (Lipinski definition) is 2. The van der Waals surface area contributed by atoms with Crippen molar-refractivity contribution in [2.45, 2.75) is 104 Å². The number of carboxylic acids is 1. The Morgan fingerprint density at radius 1 is 0.500 bits per heavy atom. The molecular formula is C69H76ClF3N9NaO7. The number of nitrogens with one attached hydrogen (secondary N) is 1. The molecule has 21 heteroatoms. The van der Waals surface area contributed by atoms with E-state index in [2.05, 4.69) is 36.7 Å². The zero-order valence-electron chi connectivity index (χ0n) is 50.5. The fraction of sp³-hybridized carbons (Fsp3) is 0.348. The van der Waals surface area contributed by atoms with Crippen molar-refractivity contribution in [3.05, 3.63) is 167 Å². The molecule has 0 radical (unpaired) electrons. The number of anilines is 2. The van der Waals surface area contributed by atoms with Crippen LogP contribution in [0, 0.1) is 17.5 Å². The van der Waals surface area contributed by atoms with Gasteiger partial charge in [-0.3, -0.25) is 0 Å². The summed E-state index contributed by atoms with van der Waals surface area (Å²) in [6.45, 7) is 8.56. The topological polar surface area (TPSA) is 216 Å². The number of aromatic carboxylic acids is 1. The van der Waals surface area contributed by atoms with Gasteiger partial charge in [0.15, 0.2) is 16.8 Å². The van der Waals surface area contributed by atoms with Gasteiger partial charge in [0.2, 0.25) is 0 Å². The maximum Gasteiger partial charge on any atom is 1.00 e. The summed E-state index contributed by atoms with van der Waals surface area (Å²) in [6.07, 6.45) is 16.6. The average Bonchev–Trinajstić information content (AvgIpc) is 1.04. The van der Waals surface area contributed by atoms with Crippen molar-refractivity contribution < 1.29 is 77.2 Å². The van der Waals surface area contributed by atoms with Crippen molar-refractivity contribution in [2.24, 2.45) is 0 Å². The van der Waals surface area contributed by atoms with Crippen LogP contribution >= 0.6 is 11.6 Å². The molecule has 3 aliphatic rings. The number of esters is 2. The number of unbranched alkanes of at least 4 members (excludes halogenated alkanes) is 1. The molecule has 0 bridgehead atoms. The number of rotatable bonds is 11. The van der Waals surface area contributed by atoms with Crippen molar-refractivity contribution in [1.29, 1.82) is 0 Å². The number of carbonyl (C=O) groups is 3. The number of methoxy groups -OCH3 is 1. The summed E-state index contributed by atoms with van der Waals surface area (Å²) >= 11 is 6.16. The van der Waals surface area contributed by atoms with Gasteiger partial charge in [-0.15, -0.1) is 0 Å². The van der Waals surface area contributed by atoms with Crippen molar-refractivity contribution in [2.75, 3.05) is 62.8 Å². The van der Waals surface area contributed by atoms with Crippen LogP contribution in [-0.4, -0.2) is 111 Å². The maximum absolute atomic E-state index is 13.5. The van der Waals surface area contributed by atoms with Crippen molar-refractivity contribution in [3.8, 4) is 33.8 Å². The maximum atomic E-state index is 13.5. The van der Waals surface area contributed by atoms with Crippen LogP contribution in [0.2, 0.25) is 5.15 Å². The molecule has 9 aromatic rings. The summed E-state index contributed by atoms with van der Waals surface area (Å²) in [4.78, 5) is 67.8. The number of benzene rings is 6. The van der Waals surface area contributed by atoms with E-state index in [0.717, 1.165) is 93.2 Å². The Balaban J connectivity index is 0.000000202. The normalized spacial score (nSPS) is 13.9. The Hall–Kier alpha value is -7.65. The van der Waals surface area contributed by atoms with Gasteiger partial charge in [0, 0.05) is 42.9 Å². The van der Waals surface area contributed by atoms with Crippen molar-refractivity contribution in [3.63, 3.8) is 0 Å². The summed E-state index contributed by atoms with van der Waals surface area (Å²) in [5.74, 6) is -1.17. The Labute approximate surface area is 550 Å². The van der Waals surface area contributed by atoms with Crippen LogP contribution in [0.25, 0.3) is 66.9 Å². The molecule has 12 rings (SSSR count). The molecule has 6 aromatic carbocycles. The van der Waals surface area contributed by atoms with Crippen LogP contribution in [0.1, 0.15) is 135 Å². The van der Waals surface area contributed by atoms with Crippen LogP contribution in [0.15, 0.2) is 127 Å². The van der Waals surface area contributed by atoms with E-state index in [4.69, 9.17) is 36.3 Å². The van der Waals surface area contributed by atoms with Crippen LogP contribution in [-0.2, 0) is 9.47 Å². The van der Waals surface area contributed by atoms with E-state index < -0.39 is 11.9 Å². The average molecular weight is 1260 g/mol. The van der Waals surface area contributed by atoms with Gasteiger partial charge in [-0.25, -0.2) is 57.5 Å². The zero-order chi connectivity index (χ0) is 61.1. The monoisotopic (exact) mass is 1260 g/mol. The molecule has 6 heterocycles. The minimum atomic E-state index is -0.988. The molecule has 3 fully saturated rings. The van der Waals surface area contributed by atoms with Crippen molar-refractivity contribution in [1.82, 2.24) is 35.2 Å². The van der Waals surface area contributed by atoms with E-state index in [1.807, 2.05) is 0 Å². The van der Waals surface area contributed by atoms with E-state index in [-0.39, 0.29) is 76.6 Å². The Bertz CT molecular complexity index is 3780. The number of halogens is 4. The zero-order valence-corrected chi connectivity index (χ0v) is 53.3. The number of nitrogens with zero attached hydrogens (tertiary/aromatic N) is 8. The van der Waals surface area contributed by atoms with Gasteiger partial charge in [-0.1, -0.05) is 70.9 Å². The third-order valence-corrected chi connectivity index (χ3v) is 15.4. The van der Waals surface area contributed by atoms with Crippen LogP contribution in [0.3, 0.4) is 0 Å². The number of ether oxygens (including phenoxy) is 2. The predicted molar refractivity (Wildman–Crippen MR) is 345 cm³/mol. The largest absolute Gasteiger partial charge is 1.00 e. The summed E-state index contributed by atoms with van der Waals surface area (Å²) in [6, 6.07) is 33.3. The minimum absolute atomic E-state index is 0. The molecule has 3 aromatic heterocycles. The third kappa shape index (κ3) is 19.4. The predicted octanol–water partition coefficient (Wildman–Crippen LogP) is 12.8. The third-order valence-electron chi connectivity index (χ3n) is 15.2. The molecule has 3 saturated heterocycles. The molecule has 468 valence electrons. The Kier molecular flexibility index (Phi) is 28.3. The van der Waals surface area contributed by atoms with Crippen LogP contribution in [0.5, 0.6) is 0 Å². The van der Waals surface area contributed by atoms with Gasteiger partial charge in [-0.05, 0) is 185 Å². The summed E-state index contributed by atoms with van der Waals surface area (Å²) in [5, 5.41) is 12.8. The fourth-order valence-corrected chi connectivity index (χ4v) is 10.6. The standard InChI is InChI=1S/C25H28FN3O2.C21H20FN3O2.C16H10ClFN2O2.C6H13N.CH4.Na.H2O/c1-2-3-16-31-25(30)19-10-13-21-22(17-19)28-24(29-14-6-4-5-7-15-29)23(27-21)18-8-11-20(26)12-9-18;22-16-8-5-14(6-9-16)19-20(25-11-3-1-2-4-12-25)24-18-13-15(21(26)27)7-10-17(18)23-19;1-22-16(21)10-4-7-12-13(8-10)20-15(17)14(19-12)9-2-5-11(18)6-3-9;1-2-4-6-7-5-3-1;;;/h8-13,17H,2-7,14-16H2,1H3;5-10,13H,1-4,11-12H2,(H,26,27);2-8H,1H3;7H,1-6H2;1H4;;1H2/q;;;;;+1;/p-1. The summed E-state index contributed by atoms with van der Waals surface area (Å²) < 4.78 is 49.9. The molecular weight excluding hydrogens is 1180 g/mol. The van der Waals surface area contributed by atoms with Crippen LogP contribution < -0.4 is 44.7 Å². The van der Waals surface area contributed by atoms with Gasteiger partial charge >= 0.3 is 47.5 Å². The van der Waals surface area contributed by atoms with Crippen LogP contribution in [0.4, 0.5) is 24.8 Å². The first-order valence-corrected chi connectivity index (χ1v) is 30.3. The smallest absolute Gasteiger partial charge is 0.870 e. The van der Waals surface area contributed by atoms with E-state index >= 15 is 0 Å². The number of carboxylic acid groups (broad SMARTS) is 1. The first-order chi connectivity index (χ1) is 42.3. The number of carbonyl (C=O) groups excluding carboxylic acids is 2. The first kappa shape index (κ1) is 71.4. The molecule has 0 aliphatic carbocycles.